The van der Waals surface area contributed by atoms with E-state index in [9.17, 15) is 9.90 Å². The molecule has 26 heavy (non-hydrogen) atoms. The van der Waals surface area contributed by atoms with Gasteiger partial charge in [-0.2, -0.15) is 4.98 Å². The highest BCUT2D eigenvalue weighted by molar-refractivity contribution is 5.92. The zero-order chi connectivity index (χ0) is 18.5. The van der Waals surface area contributed by atoms with Crippen LogP contribution < -0.4 is 5.32 Å². The molecule has 6 nitrogen and oxygen atoms in total. The number of carbonyl (C=O) groups is 1. The van der Waals surface area contributed by atoms with Crippen LogP contribution in [0, 0.1) is 0 Å². The van der Waals surface area contributed by atoms with Crippen LogP contribution in [0.15, 0.2) is 53.1 Å². The molecule has 0 fully saturated rings. The van der Waals surface area contributed by atoms with E-state index in [1.165, 1.54) is 11.6 Å². The fraction of sp³-hybridized carbons (Fsp3) is 0.250. The standard InChI is InChI=1S/C20H21N3O3/c1-13(2)14-7-9-15(10-8-14)20-22-19(26-23-20)12-11-18(25)21-16-5-3-4-6-17(16)24/h3-10,13,24H,11-12H2,1-2H3,(H,21,25). The summed E-state index contributed by atoms with van der Waals surface area (Å²) < 4.78 is 5.23. The van der Waals surface area contributed by atoms with Crippen LogP contribution in [0.2, 0.25) is 0 Å². The van der Waals surface area contributed by atoms with E-state index in [4.69, 9.17) is 4.52 Å². The molecule has 6 heteroatoms. The maximum Gasteiger partial charge on any atom is 0.227 e. The Kier molecular flexibility index (Phi) is 5.31. The van der Waals surface area contributed by atoms with Crippen molar-refractivity contribution in [1.29, 1.82) is 0 Å². The van der Waals surface area contributed by atoms with Crippen LogP contribution in [-0.2, 0) is 11.2 Å². The van der Waals surface area contributed by atoms with Gasteiger partial charge in [0.15, 0.2) is 0 Å². The number of benzene rings is 2. The molecule has 0 atom stereocenters. The fourth-order valence-electron chi connectivity index (χ4n) is 2.50. The number of carbonyl (C=O) groups excluding carboxylic acids is 1. The lowest BCUT2D eigenvalue weighted by Crippen LogP contribution is -2.12. The third-order valence-electron chi connectivity index (χ3n) is 4.05. The molecular weight excluding hydrogens is 330 g/mol. The summed E-state index contributed by atoms with van der Waals surface area (Å²) in [7, 11) is 0. The van der Waals surface area contributed by atoms with Gasteiger partial charge >= 0.3 is 0 Å². The number of phenolic OH excluding ortho intramolecular Hbond substituents is 1. The number of amides is 1. The monoisotopic (exact) mass is 351 g/mol. The highest BCUT2D eigenvalue weighted by atomic mass is 16.5. The molecule has 0 aliphatic carbocycles. The normalized spacial score (nSPS) is 10.9. The molecule has 0 aliphatic heterocycles. The van der Waals surface area contributed by atoms with Crippen LogP contribution >= 0.6 is 0 Å². The third-order valence-corrected chi connectivity index (χ3v) is 4.05. The SMILES string of the molecule is CC(C)c1ccc(-c2noc(CCC(=O)Nc3ccccc3O)n2)cc1. The van der Waals surface area contributed by atoms with Gasteiger partial charge in [0, 0.05) is 18.4 Å². The predicted molar refractivity (Wildman–Crippen MR) is 98.9 cm³/mol. The van der Waals surface area contributed by atoms with Crippen LogP contribution in [0.1, 0.15) is 37.6 Å². The molecule has 0 saturated heterocycles. The summed E-state index contributed by atoms with van der Waals surface area (Å²) in [5, 5.41) is 16.3. The molecule has 0 aliphatic rings. The van der Waals surface area contributed by atoms with Crippen molar-refractivity contribution >= 4 is 11.6 Å². The Bertz CT molecular complexity index is 885. The lowest BCUT2D eigenvalue weighted by Gasteiger charge is -2.05. The van der Waals surface area contributed by atoms with Crippen LogP contribution in [0.4, 0.5) is 5.69 Å². The second-order valence-electron chi connectivity index (χ2n) is 6.35. The number of rotatable bonds is 6. The molecule has 1 amide bonds. The van der Waals surface area contributed by atoms with Crippen molar-refractivity contribution in [2.45, 2.75) is 32.6 Å². The number of hydrogen-bond acceptors (Lipinski definition) is 5. The molecule has 0 radical (unpaired) electrons. The minimum Gasteiger partial charge on any atom is -0.506 e. The molecule has 0 unspecified atom stereocenters. The van der Waals surface area contributed by atoms with Gasteiger partial charge in [0.1, 0.15) is 5.75 Å². The lowest BCUT2D eigenvalue weighted by molar-refractivity contribution is -0.116. The van der Waals surface area contributed by atoms with Crippen molar-refractivity contribution in [3.63, 3.8) is 0 Å². The molecule has 3 rings (SSSR count). The molecule has 3 aromatic rings. The summed E-state index contributed by atoms with van der Waals surface area (Å²) in [5.74, 6) is 1.18. The van der Waals surface area contributed by atoms with E-state index in [2.05, 4.69) is 41.4 Å². The minimum atomic E-state index is -0.229. The van der Waals surface area contributed by atoms with E-state index >= 15 is 0 Å². The van der Waals surface area contributed by atoms with Gasteiger partial charge in [0.25, 0.3) is 0 Å². The second kappa shape index (κ2) is 7.82. The molecule has 2 N–H and O–H groups in total. The van der Waals surface area contributed by atoms with E-state index in [0.717, 1.165) is 5.56 Å². The first-order chi connectivity index (χ1) is 12.5. The maximum atomic E-state index is 12.0. The molecular formula is C20H21N3O3. The second-order valence-corrected chi connectivity index (χ2v) is 6.35. The van der Waals surface area contributed by atoms with Crippen molar-refractivity contribution in [1.82, 2.24) is 10.1 Å². The quantitative estimate of drug-likeness (QED) is 0.652. The van der Waals surface area contributed by atoms with Crippen molar-refractivity contribution < 1.29 is 14.4 Å². The average Bonchev–Trinajstić information content (AvgIpc) is 3.11. The maximum absolute atomic E-state index is 12.0. The topological polar surface area (TPSA) is 88.2 Å². The molecule has 2 aromatic carbocycles. The number of anilines is 1. The zero-order valence-corrected chi connectivity index (χ0v) is 14.8. The molecule has 1 heterocycles. The summed E-state index contributed by atoms with van der Waals surface area (Å²) in [6.45, 7) is 4.28. The Hall–Kier alpha value is -3.15. The van der Waals surface area contributed by atoms with Crippen LogP contribution in [0.5, 0.6) is 5.75 Å². The third kappa shape index (κ3) is 4.27. The number of aromatic nitrogens is 2. The number of phenols is 1. The van der Waals surface area contributed by atoms with Crippen LogP contribution in [0.3, 0.4) is 0 Å². The van der Waals surface area contributed by atoms with Crippen molar-refractivity contribution in [2.75, 3.05) is 5.32 Å². The van der Waals surface area contributed by atoms with E-state index in [1.807, 2.05) is 12.1 Å². The van der Waals surface area contributed by atoms with Crippen molar-refractivity contribution in [3.05, 3.63) is 60.0 Å². The van der Waals surface area contributed by atoms with Gasteiger partial charge in [-0.1, -0.05) is 55.4 Å². The Labute approximate surface area is 151 Å². The summed E-state index contributed by atoms with van der Waals surface area (Å²) >= 11 is 0. The first-order valence-corrected chi connectivity index (χ1v) is 8.53. The summed E-state index contributed by atoms with van der Waals surface area (Å²) in [6.07, 6.45) is 0.513. The van der Waals surface area contributed by atoms with Gasteiger partial charge in [-0.3, -0.25) is 4.79 Å². The Morgan fingerprint density at radius 2 is 1.88 bits per heavy atom. The summed E-state index contributed by atoms with van der Waals surface area (Å²) in [6, 6.07) is 14.6. The van der Waals surface area contributed by atoms with E-state index in [1.54, 1.807) is 18.2 Å². The van der Waals surface area contributed by atoms with Crippen molar-refractivity contribution in [2.24, 2.45) is 0 Å². The molecule has 1 aromatic heterocycles. The Morgan fingerprint density at radius 1 is 1.15 bits per heavy atom. The smallest absolute Gasteiger partial charge is 0.227 e. The van der Waals surface area contributed by atoms with Crippen molar-refractivity contribution in [3.8, 4) is 17.1 Å². The molecule has 0 saturated carbocycles. The highest BCUT2D eigenvalue weighted by Gasteiger charge is 2.12. The largest absolute Gasteiger partial charge is 0.506 e. The number of hydrogen-bond donors (Lipinski definition) is 2. The van der Waals surface area contributed by atoms with E-state index < -0.39 is 0 Å². The number of aromatic hydroxyl groups is 1. The van der Waals surface area contributed by atoms with Gasteiger partial charge in [-0.15, -0.1) is 0 Å². The lowest BCUT2D eigenvalue weighted by atomic mass is 10.0. The number of nitrogens with zero attached hydrogens (tertiary/aromatic N) is 2. The molecule has 0 spiro atoms. The molecule has 0 bridgehead atoms. The van der Waals surface area contributed by atoms with Crippen LogP contribution in [0.25, 0.3) is 11.4 Å². The highest BCUT2D eigenvalue weighted by Crippen LogP contribution is 2.22. The minimum absolute atomic E-state index is 0.0331. The first-order valence-electron chi connectivity index (χ1n) is 8.53. The summed E-state index contributed by atoms with van der Waals surface area (Å²) in [4.78, 5) is 16.3. The zero-order valence-electron chi connectivity index (χ0n) is 14.8. The Morgan fingerprint density at radius 3 is 2.58 bits per heavy atom. The average molecular weight is 351 g/mol. The van der Waals surface area contributed by atoms with Gasteiger partial charge in [0.2, 0.25) is 17.6 Å². The first kappa shape index (κ1) is 17.7. The number of nitrogens with one attached hydrogen (secondary N) is 1. The van der Waals surface area contributed by atoms with Gasteiger partial charge in [-0.05, 0) is 23.6 Å². The fourth-order valence-corrected chi connectivity index (χ4v) is 2.50. The van der Waals surface area contributed by atoms with E-state index in [-0.39, 0.29) is 18.1 Å². The van der Waals surface area contributed by atoms with Gasteiger partial charge in [0.05, 0.1) is 5.69 Å². The number of para-hydroxylation sites is 2. The van der Waals surface area contributed by atoms with Gasteiger partial charge in [-0.25, -0.2) is 0 Å². The number of aryl methyl sites for hydroxylation is 1. The molecule has 134 valence electrons. The van der Waals surface area contributed by atoms with Crippen LogP contribution in [-0.4, -0.2) is 21.2 Å². The Balaban J connectivity index is 1.58. The summed E-state index contributed by atoms with van der Waals surface area (Å²) in [5.41, 5.74) is 2.51. The predicted octanol–water partition coefficient (Wildman–Crippen LogP) is 4.14. The van der Waals surface area contributed by atoms with Gasteiger partial charge < -0.3 is 14.9 Å². The van der Waals surface area contributed by atoms with E-state index in [0.29, 0.717) is 29.7 Å².